The summed E-state index contributed by atoms with van der Waals surface area (Å²) in [6, 6.07) is 11.6. The van der Waals surface area contributed by atoms with E-state index in [2.05, 4.69) is 29.8 Å². The molecule has 0 radical (unpaired) electrons. The molecule has 98 valence electrons. The summed E-state index contributed by atoms with van der Waals surface area (Å²) in [5, 5.41) is 0. The van der Waals surface area contributed by atoms with Crippen molar-refractivity contribution in [2.45, 2.75) is 13.8 Å². The van der Waals surface area contributed by atoms with Gasteiger partial charge in [-0.05, 0) is 65.2 Å². The van der Waals surface area contributed by atoms with Crippen molar-refractivity contribution in [2.75, 3.05) is 0 Å². The lowest BCUT2D eigenvalue weighted by molar-refractivity contribution is 0.481. The summed E-state index contributed by atoms with van der Waals surface area (Å²) in [6.07, 6.45) is 0. The van der Waals surface area contributed by atoms with Crippen molar-refractivity contribution in [3.05, 3.63) is 57.6 Å². The maximum absolute atomic E-state index is 5.89. The molecule has 0 heterocycles. The van der Waals surface area contributed by atoms with Gasteiger partial charge in [-0.3, -0.25) is 0 Å². The molecule has 0 amide bonds. The van der Waals surface area contributed by atoms with E-state index in [9.17, 15) is 0 Å². The number of halogens is 1. The first-order valence-electron chi connectivity index (χ1n) is 5.82. The highest BCUT2D eigenvalue weighted by Gasteiger charge is 2.11. The van der Waals surface area contributed by atoms with Crippen molar-refractivity contribution in [1.82, 2.24) is 0 Å². The molecule has 0 fully saturated rings. The number of ether oxygens (including phenoxy) is 1. The van der Waals surface area contributed by atoms with Gasteiger partial charge in [0.1, 0.15) is 16.5 Å². The number of hydrogen-bond acceptors (Lipinski definition) is 2. The van der Waals surface area contributed by atoms with Crippen LogP contribution in [0.3, 0.4) is 0 Å². The standard InChI is InChI=1S/C15H14BrNOS/c1-9-6-7-11(8-10(9)2)18-13-5-3-4-12(16)14(13)15(17)19/h3-8H,1-2H3,(H2,17,19). The lowest BCUT2D eigenvalue weighted by atomic mass is 10.1. The van der Waals surface area contributed by atoms with E-state index in [4.69, 9.17) is 22.7 Å². The summed E-state index contributed by atoms with van der Waals surface area (Å²) in [7, 11) is 0. The largest absolute Gasteiger partial charge is 0.457 e. The molecular weight excluding hydrogens is 322 g/mol. The number of aryl methyl sites for hydroxylation is 2. The van der Waals surface area contributed by atoms with Crippen molar-refractivity contribution < 1.29 is 4.74 Å². The molecule has 0 spiro atoms. The van der Waals surface area contributed by atoms with Gasteiger partial charge in [0.15, 0.2) is 0 Å². The van der Waals surface area contributed by atoms with E-state index in [0.29, 0.717) is 10.7 Å². The Hall–Kier alpha value is -1.39. The molecule has 2 aromatic carbocycles. The molecule has 0 aliphatic rings. The van der Waals surface area contributed by atoms with Crippen LogP contribution in [-0.4, -0.2) is 4.99 Å². The first kappa shape index (κ1) is 14.0. The van der Waals surface area contributed by atoms with E-state index in [0.717, 1.165) is 15.8 Å². The average molecular weight is 336 g/mol. The third-order valence-corrected chi connectivity index (χ3v) is 3.79. The van der Waals surface area contributed by atoms with Gasteiger partial charge in [0, 0.05) is 4.47 Å². The Morgan fingerprint density at radius 3 is 2.53 bits per heavy atom. The van der Waals surface area contributed by atoms with Crippen LogP contribution in [-0.2, 0) is 0 Å². The third kappa shape index (κ3) is 3.14. The van der Waals surface area contributed by atoms with Crippen LogP contribution in [0.2, 0.25) is 0 Å². The Kier molecular flexibility index (Phi) is 4.22. The molecule has 0 saturated heterocycles. The summed E-state index contributed by atoms with van der Waals surface area (Å²) >= 11 is 8.51. The smallest absolute Gasteiger partial charge is 0.138 e. The highest BCUT2D eigenvalue weighted by molar-refractivity contribution is 9.10. The highest BCUT2D eigenvalue weighted by atomic mass is 79.9. The van der Waals surface area contributed by atoms with Gasteiger partial charge >= 0.3 is 0 Å². The number of rotatable bonds is 3. The van der Waals surface area contributed by atoms with Crippen LogP contribution in [0, 0.1) is 13.8 Å². The van der Waals surface area contributed by atoms with Crippen LogP contribution in [0.1, 0.15) is 16.7 Å². The fraction of sp³-hybridized carbons (Fsp3) is 0.133. The van der Waals surface area contributed by atoms with E-state index in [1.807, 2.05) is 36.4 Å². The molecule has 0 saturated carbocycles. The minimum Gasteiger partial charge on any atom is -0.457 e. The summed E-state index contributed by atoms with van der Waals surface area (Å²) in [6.45, 7) is 4.12. The van der Waals surface area contributed by atoms with Gasteiger partial charge in [0.2, 0.25) is 0 Å². The van der Waals surface area contributed by atoms with Crippen LogP contribution in [0.25, 0.3) is 0 Å². The number of nitrogens with two attached hydrogens (primary N) is 1. The van der Waals surface area contributed by atoms with Crippen molar-refractivity contribution in [1.29, 1.82) is 0 Å². The second-order valence-electron chi connectivity index (χ2n) is 4.33. The van der Waals surface area contributed by atoms with Crippen LogP contribution < -0.4 is 10.5 Å². The SMILES string of the molecule is Cc1ccc(Oc2cccc(Br)c2C(N)=S)cc1C. The Morgan fingerprint density at radius 2 is 1.89 bits per heavy atom. The number of hydrogen-bond donors (Lipinski definition) is 1. The Bertz CT molecular complexity index is 640. The van der Waals surface area contributed by atoms with Crippen LogP contribution in [0.15, 0.2) is 40.9 Å². The maximum Gasteiger partial charge on any atom is 0.138 e. The van der Waals surface area contributed by atoms with E-state index in [1.54, 1.807) is 0 Å². The molecule has 4 heteroatoms. The second kappa shape index (κ2) is 5.72. The number of benzene rings is 2. The average Bonchev–Trinajstić information content (AvgIpc) is 2.33. The van der Waals surface area contributed by atoms with Gasteiger partial charge in [-0.2, -0.15) is 0 Å². The van der Waals surface area contributed by atoms with E-state index >= 15 is 0 Å². The molecule has 2 nitrogen and oxygen atoms in total. The molecular formula is C15H14BrNOS. The first-order valence-corrected chi connectivity index (χ1v) is 7.02. The van der Waals surface area contributed by atoms with Gasteiger partial charge < -0.3 is 10.5 Å². The molecule has 0 atom stereocenters. The van der Waals surface area contributed by atoms with Crippen molar-refractivity contribution >= 4 is 33.1 Å². The lowest BCUT2D eigenvalue weighted by Crippen LogP contribution is -2.11. The lowest BCUT2D eigenvalue weighted by Gasteiger charge is -2.12. The third-order valence-electron chi connectivity index (χ3n) is 2.93. The first-order chi connectivity index (χ1) is 8.99. The zero-order valence-corrected chi connectivity index (χ0v) is 13.1. The molecule has 0 bridgehead atoms. The Labute approximate surface area is 126 Å². The predicted octanol–water partition coefficient (Wildman–Crippen LogP) is 4.49. The molecule has 0 aliphatic carbocycles. The second-order valence-corrected chi connectivity index (χ2v) is 5.62. The quantitative estimate of drug-likeness (QED) is 0.839. The number of thiocarbonyl (C=S) groups is 1. The van der Waals surface area contributed by atoms with Gasteiger partial charge in [-0.15, -0.1) is 0 Å². The summed E-state index contributed by atoms with van der Waals surface area (Å²) in [4.78, 5) is 0.311. The van der Waals surface area contributed by atoms with E-state index < -0.39 is 0 Å². The highest BCUT2D eigenvalue weighted by Crippen LogP contribution is 2.31. The van der Waals surface area contributed by atoms with E-state index in [-0.39, 0.29) is 0 Å². The molecule has 0 unspecified atom stereocenters. The Balaban J connectivity index is 2.40. The minimum absolute atomic E-state index is 0.311. The summed E-state index contributed by atoms with van der Waals surface area (Å²) in [5.74, 6) is 1.43. The predicted molar refractivity (Wildman–Crippen MR) is 86.0 cm³/mol. The van der Waals surface area contributed by atoms with Crippen LogP contribution >= 0.6 is 28.1 Å². The van der Waals surface area contributed by atoms with Gasteiger partial charge in [0.25, 0.3) is 0 Å². The fourth-order valence-corrected chi connectivity index (χ4v) is 2.64. The summed E-state index contributed by atoms with van der Waals surface area (Å²) < 4.78 is 6.72. The van der Waals surface area contributed by atoms with Crippen molar-refractivity contribution in [3.8, 4) is 11.5 Å². The molecule has 2 aromatic rings. The van der Waals surface area contributed by atoms with Gasteiger partial charge in [-0.1, -0.05) is 24.4 Å². The monoisotopic (exact) mass is 335 g/mol. The fourth-order valence-electron chi connectivity index (χ4n) is 1.73. The Morgan fingerprint density at radius 1 is 1.16 bits per heavy atom. The van der Waals surface area contributed by atoms with Gasteiger partial charge in [-0.25, -0.2) is 0 Å². The topological polar surface area (TPSA) is 35.2 Å². The van der Waals surface area contributed by atoms with Gasteiger partial charge in [0.05, 0.1) is 5.56 Å². The minimum atomic E-state index is 0.311. The van der Waals surface area contributed by atoms with Crippen LogP contribution in [0.4, 0.5) is 0 Å². The zero-order chi connectivity index (χ0) is 14.0. The maximum atomic E-state index is 5.89. The summed E-state index contributed by atoms with van der Waals surface area (Å²) in [5.41, 5.74) is 8.88. The van der Waals surface area contributed by atoms with Crippen molar-refractivity contribution in [3.63, 3.8) is 0 Å². The normalized spacial score (nSPS) is 10.3. The molecule has 0 aliphatic heterocycles. The zero-order valence-electron chi connectivity index (χ0n) is 10.7. The van der Waals surface area contributed by atoms with E-state index in [1.165, 1.54) is 11.1 Å². The molecule has 19 heavy (non-hydrogen) atoms. The van der Waals surface area contributed by atoms with Crippen molar-refractivity contribution in [2.24, 2.45) is 5.73 Å². The van der Waals surface area contributed by atoms with Crippen LogP contribution in [0.5, 0.6) is 11.5 Å². The molecule has 0 aromatic heterocycles. The molecule has 2 rings (SSSR count). The molecule has 2 N–H and O–H groups in total.